The zero-order valence-electron chi connectivity index (χ0n) is 11.2. The molecule has 0 N–H and O–H groups in total. The van der Waals surface area contributed by atoms with Crippen LogP contribution in [0, 0.1) is 0 Å². The molecule has 1 saturated carbocycles. The van der Waals surface area contributed by atoms with E-state index in [-0.39, 0.29) is 0 Å². The van der Waals surface area contributed by atoms with Crippen molar-refractivity contribution in [3.8, 4) is 0 Å². The molecule has 2 heterocycles. The van der Waals surface area contributed by atoms with E-state index in [4.69, 9.17) is 23.2 Å². The van der Waals surface area contributed by atoms with Crippen molar-refractivity contribution in [2.75, 3.05) is 13.1 Å². The monoisotopic (exact) mass is 309 g/mol. The third-order valence-electron chi connectivity index (χ3n) is 4.48. The van der Waals surface area contributed by atoms with E-state index in [1.54, 1.807) is 0 Å². The Morgan fingerprint density at radius 2 is 2.05 bits per heavy atom. The summed E-state index contributed by atoms with van der Waals surface area (Å²) in [7, 11) is 0. The molecule has 1 aromatic carbocycles. The van der Waals surface area contributed by atoms with Gasteiger partial charge in [-0.2, -0.15) is 0 Å². The Hall–Kier alpha value is -0.770. The molecule has 0 bridgehead atoms. The molecular formula is C15H17Cl2N3. The summed E-state index contributed by atoms with van der Waals surface area (Å²) in [5, 5.41) is 0.774. The summed E-state index contributed by atoms with van der Waals surface area (Å²) in [5.41, 5.74) is 2.01. The quantitative estimate of drug-likeness (QED) is 0.803. The van der Waals surface area contributed by atoms with Gasteiger partial charge in [-0.3, -0.25) is 4.90 Å². The predicted molar refractivity (Wildman–Crippen MR) is 82.5 cm³/mol. The highest BCUT2D eigenvalue weighted by Gasteiger charge is 2.36. The Bertz CT molecular complexity index is 648. The number of likely N-dealkylation sites (tertiary alicyclic amines) is 1. The lowest BCUT2D eigenvalue weighted by Gasteiger charge is -2.18. The van der Waals surface area contributed by atoms with E-state index in [0.29, 0.717) is 11.9 Å². The number of benzene rings is 1. The number of hydrogen-bond acceptors (Lipinski definition) is 2. The molecule has 0 spiro atoms. The molecule has 1 aliphatic heterocycles. The molecule has 3 nitrogen and oxygen atoms in total. The van der Waals surface area contributed by atoms with Crippen molar-refractivity contribution in [1.29, 1.82) is 0 Å². The van der Waals surface area contributed by atoms with Gasteiger partial charge in [-0.15, -0.1) is 11.6 Å². The van der Waals surface area contributed by atoms with Gasteiger partial charge in [0.1, 0.15) is 5.82 Å². The van der Waals surface area contributed by atoms with Gasteiger partial charge in [-0.1, -0.05) is 17.7 Å². The van der Waals surface area contributed by atoms with Gasteiger partial charge in [-0.05, 0) is 31.4 Å². The summed E-state index contributed by atoms with van der Waals surface area (Å²) in [6.45, 7) is 2.28. The summed E-state index contributed by atoms with van der Waals surface area (Å²) >= 11 is 12.5. The van der Waals surface area contributed by atoms with Gasteiger partial charge in [0.25, 0.3) is 0 Å². The number of para-hydroxylation sites is 1. The number of aromatic nitrogens is 2. The zero-order valence-corrected chi connectivity index (χ0v) is 12.7. The Morgan fingerprint density at radius 1 is 1.20 bits per heavy atom. The number of alkyl halides is 1. The van der Waals surface area contributed by atoms with E-state index in [1.165, 1.54) is 19.4 Å². The molecule has 0 radical (unpaired) electrons. The van der Waals surface area contributed by atoms with Crippen LogP contribution in [0.4, 0.5) is 0 Å². The molecule has 1 atom stereocenters. The summed E-state index contributed by atoms with van der Waals surface area (Å²) in [6, 6.07) is 7.18. The average molecular weight is 310 g/mol. The van der Waals surface area contributed by atoms with Crippen LogP contribution in [0.15, 0.2) is 18.2 Å². The molecule has 1 unspecified atom stereocenters. The van der Waals surface area contributed by atoms with Crippen molar-refractivity contribution in [3.63, 3.8) is 0 Å². The summed E-state index contributed by atoms with van der Waals surface area (Å²) < 4.78 is 2.28. The van der Waals surface area contributed by atoms with E-state index in [1.807, 2.05) is 18.2 Å². The Labute approximate surface area is 128 Å². The van der Waals surface area contributed by atoms with E-state index < -0.39 is 0 Å². The minimum Gasteiger partial charge on any atom is -0.321 e. The number of halogens is 2. The minimum atomic E-state index is 0.435. The molecule has 2 aliphatic rings. The minimum absolute atomic E-state index is 0.435. The van der Waals surface area contributed by atoms with Crippen molar-refractivity contribution < 1.29 is 0 Å². The van der Waals surface area contributed by atoms with Crippen LogP contribution >= 0.6 is 23.2 Å². The van der Waals surface area contributed by atoms with Crippen LogP contribution in [-0.4, -0.2) is 33.6 Å². The molecule has 1 aromatic heterocycles. The summed E-state index contributed by atoms with van der Waals surface area (Å²) in [5.74, 6) is 1.38. The molecule has 1 saturated heterocycles. The van der Waals surface area contributed by atoms with Crippen LogP contribution in [0.5, 0.6) is 0 Å². The van der Waals surface area contributed by atoms with Crippen LogP contribution < -0.4 is 0 Å². The van der Waals surface area contributed by atoms with Crippen molar-refractivity contribution in [3.05, 3.63) is 29.0 Å². The highest BCUT2D eigenvalue weighted by Crippen LogP contribution is 2.36. The third kappa shape index (κ3) is 2.03. The Morgan fingerprint density at radius 3 is 2.80 bits per heavy atom. The number of fused-ring (bicyclic) bond motifs is 1. The van der Waals surface area contributed by atoms with E-state index in [0.717, 1.165) is 40.9 Å². The van der Waals surface area contributed by atoms with Crippen molar-refractivity contribution >= 4 is 34.2 Å². The van der Waals surface area contributed by atoms with Gasteiger partial charge >= 0.3 is 0 Å². The van der Waals surface area contributed by atoms with Crippen LogP contribution in [0.3, 0.4) is 0 Å². The van der Waals surface area contributed by atoms with Crippen LogP contribution in [0.1, 0.15) is 31.1 Å². The van der Waals surface area contributed by atoms with Gasteiger partial charge in [0, 0.05) is 25.2 Å². The highest BCUT2D eigenvalue weighted by atomic mass is 35.5. The fourth-order valence-electron chi connectivity index (χ4n) is 3.39. The smallest absolute Gasteiger partial charge is 0.125 e. The van der Waals surface area contributed by atoms with Crippen molar-refractivity contribution in [2.45, 2.75) is 37.2 Å². The first-order valence-corrected chi connectivity index (χ1v) is 8.14. The second-order valence-electron chi connectivity index (χ2n) is 5.81. The fraction of sp³-hybridized carbons (Fsp3) is 0.533. The molecular weight excluding hydrogens is 293 g/mol. The molecule has 2 fully saturated rings. The highest BCUT2D eigenvalue weighted by molar-refractivity contribution is 6.35. The number of rotatable bonds is 3. The van der Waals surface area contributed by atoms with Gasteiger partial charge in [0.2, 0.25) is 0 Å². The van der Waals surface area contributed by atoms with Gasteiger partial charge in [-0.25, -0.2) is 4.98 Å². The van der Waals surface area contributed by atoms with E-state index >= 15 is 0 Å². The second kappa shape index (κ2) is 4.90. The van der Waals surface area contributed by atoms with E-state index in [9.17, 15) is 0 Å². The lowest BCUT2D eigenvalue weighted by molar-refractivity contribution is 0.314. The summed E-state index contributed by atoms with van der Waals surface area (Å²) in [4.78, 5) is 7.25. The molecule has 20 heavy (non-hydrogen) atoms. The molecule has 2 aromatic rings. The lowest BCUT2D eigenvalue weighted by Crippen LogP contribution is -2.24. The number of imidazole rings is 1. The maximum Gasteiger partial charge on any atom is 0.125 e. The fourth-order valence-corrected chi connectivity index (χ4v) is 3.84. The third-order valence-corrected chi connectivity index (χ3v) is 5.02. The normalized spacial score (nSPS) is 23.8. The lowest BCUT2D eigenvalue weighted by atomic mass is 10.2. The average Bonchev–Trinajstić information content (AvgIpc) is 3.06. The molecule has 106 valence electrons. The molecule has 5 heteroatoms. The Balaban J connectivity index is 1.77. The molecule has 4 rings (SSSR count). The largest absolute Gasteiger partial charge is 0.321 e. The van der Waals surface area contributed by atoms with Crippen LogP contribution in [0.2, 0.25) is 5.02 Å². The van der Waals surface area contributed by atoms with Crippen molar-refractivity contribution in [2.24, 2.45) is 0 Å². The first-order valence-electron chi connectivity index (χ1n) is 7.23. The standard InChI is InChI=1S/C15H17Cl2N3/c16-8-14-18-13-3-1-2-12(17)15(13)20(14)11-6-7-19(9-11)10-4-5-10/h1-3,10-11H,4-9H2. The Kier molecular flexibility index (Phi) is 3.17. The van der Waals surface area contributed by atoms with Gasteiger partial charge in [0.05, 0.1) is 21.9 Å². The topological polar surface area (TPSA) is 21.1 Å². The molecule has 0 amide bonds. The van der Waals surface area contributed by atoms with Crippen LogP contribution in [0.25, 0.3) is 11.0 Å². The maximum absolute atomic E-state index is 6.40. The van der Waals surface area contributed by atoms with E-state index in [2.05, 4.69) is 14.5 Å². The zero-order chi connectivity index (χ0) is 13.7. The van der Waals surface area contributed by atoms with Crippen molar-refractivity contribution in [1.82, 2.24) is 14.5 Å². The molecule has 1 aliphatic carbocycles. The van der Waals surface area contributed by atoms with Crippen LogP contribution in [-0.2, 0) is 5.88 Å². The van der Waals surface area contributed by atoms with Gasteiger partial charge in [0.15, 0.2) is 0 Å². The second-order valence-corrected chi connectivity index (χ2v) is 6.48. The maximum atomic E-state index is 6.40. The summed E-state index contributed by atoms with van der Waals surface area (Å²) in [6.07, 6.45) is 3.89. The first-order chi connectivity index (χ1) is 9.78. The van der Waals surface area contributed by atoms with Gasteiger partial charge < -0.3 is 4.57 Å². The predicted octanol–water partition coefficient (Wildman–Crippen LogP) is 3.84. The SMILES string of the molecule is ClCc1nc2cccc(Cl)c2n1C1CCN(C2CC2)C1. The first kappa shape index (κ1) is 12.9. The number of nitrogens with zero attached hydrogens (tertiary/aromatic N) is 3. The number of hydrogen-bond donors (Lipinski definition) is 0.